The number of carbonyl (C=O) groups excluding carboxylic acids is 1. The zero-order valence-electron chi connectivity index (χ0n) is 20.7. The van der Waals surface area contributed by atoms with Crippen molar-refractivity contribution in [3.63, 3.8) is 0 Å². The van der Waals surface area contributed by atoms with Crippen molar-refractivity contribution in [2.75, 3.05) is 33.8 Å². The standard InChI is InChI=1S/C29H31N3O4/c1-30(28(33)20-32-25-15-14-24(35-2)18-27(25)36-29(32)34)26(19-31-16-6-7-17-31)23-12-10-22(11-13-23)21-8-4-3-5-9-21/h3-5,8-15,18,26H,6-7,16-17,19-20H2,1-2H3. The van der Waals surface area contributed by atoms with Gasteiger partial charge >= 0.3 is 5.76 Å². The van der Waals surface area contributed by atoms with Crippen LogP contribution in [0.2, 0.25) is 0 Å². The third-order valence-corrected chi connectivity index (χ3v) is 7.06. The van der Waals surface area contributed by atoms with Crippen LogP contribution in [0.4, 0.5) is 0 Å². The minimum atomic E-state index is -0.552. The molecule has 4 aromatic rings. The van der Waals surface area contributed by atoms with E-state index in [1.54, 1.807) is 30.2 Å². The zero-order valence-corrected chi connectivity index (χ0v) is 20.7. The lowest BCUT2D eigenvalue weighted by atomic mass is 9.99. The minimum absolute atomic E-state index is 0.0900. The van der Waals surface area contributed by atoms with Crippen LogP contribution in [0.25, 0.3) is 22.2 Å². The van der Waals surface area contributed by atoms with E-state index in [0.29, 0.717) is 16.8 Å². The molecule has 0 aliphatic carbocycles. The Morgan fingerprint density at radius 2 is 1.69 bits per heavy atom. The van der Waals surface area contributed by atoms with Gasteiger partial charge in [0.25, 0.3) is 0 Å². The predicted octanol–water partition coefficient (Wildman–Crippen LogP) is 4.57. The summed E-state index contributed by atoms with van der Waals surface area (Å²) in [5, 5.41) is 0. The minimum Gasteiger partial charge on any atom is -0.497 e. The molecule has 0 saturated carbocycles. The number of methoxy groups -OCH3 is 1. The quantitative estimate of drug-likeness (QED) is 0.366. The molecular weight excluding hydrogens is 454 g/mol. The van der Waals surface area contributed by atoms with Gasteiger partial charge in [0.1, 0.15) is 12.3 Å². The molecule has 1 aliphatic heterocycles. The first kappa shape index (κ1) is 23.9. The number of hydrogen-bond donors (Lipinski definition) is 0. The van der Waals surface area contributed by atoms with Gasteiger partial charge in [-0.15, -0.1) is 0 Å². The highest BCUT2D eigenvalue weighted by Gasteiger charge is 2.27. The number of rotatable bonds is 8. The van der Waals surface area contributed by atoms with Gasteiger partial charge in [0.2, 0.25) is 5.91 Å². The van der Waals surface area contributed by atoms with Gasteiger partial charge in [-0.2, -0.15) is 0 Å². The third-order valence-electron chi connectivity index (χ3n) is 7.06. The number of carbonyl (C=O) groups is 1. The molecule has 1 aliphatic rings. The van der Waals surface area contributed by atoms with E-state index in [2.05, 4.69) is 41.3 Å². The molecule has 1 saturated heterocycles. The topological polar surface area (TPSA) is 67.9 Å². The SMILES string of the molecule is COc1ccc2c(c1)oc(=O)n2CC(=O)N(C)C(CN1CCCC1)c1ccc(-c2ccccc2)cc1. The number of ether oxygens (including phenoxy) is 1. The van der Waals surface area contributed by atoms with Crippen LogP contribution in [0.3, 0.4) is 0 Å². The lowest BCUT2D eigenvalue weighted by Crippen LogP contribution is -2.40. The number of oxazole rings is 1. The van der Waals surface area contributed by atoms with Gasteiger partial charge in [-0.3, -0.25) is 9.36 Å². The number of likely N-dealkylation sites (N-methyl/N-ethyl adjacent to an activating group) is 1. The number of nitrogens with zero attached hydrogens (tertiary/aromatic N) is 3. The molecule has 3 aromatic carbocycles. The average molecular weight is 486 g/mol. The van der Waals surface area contributed by atoms with Gasteiger partial charge in [0.15, 0.2) is 5.58 Å². The highest BCUT2D eigenvalue weighted by Crippen LogP contribution is 2.27. The van der Waals surface area contributed by atoms with Crippen molar-refractivity contribution in [2.45, 2.75) is 25.4 Å². The summed E-state index contributed by atoms with van der Waals surface area (Å²) in [5.41, 5.74) is 4.35. The van der Waals surface area contributed by atoms with Crippen molar-refractivity contribution < 1.29 is 13.9 Å². The van der Waals surface area contributed by atoms with E-state index in [-0.39, 0.29) is 18.5 Å². The number of benzene rings is 3. The molecule has 186 valence electrons. The van der Waals surface area contributed by atoms with Crippen molar-refractivity contribution in [2.24, 2.45) is 0 Å². The summed E-state index contributed by atoms with van der Waals surface area (Å²) in [6, 6.07) is 23.7. The Bertz CT molecular complexity index is 1390. The Labute approximate surface area is 210 Å². The molecule has 0 N–H and O–H groups in total. The van der Waals surface area contributed by atoms with E-state index in [0.717, 1.165) is 36.3 Å². The predicted molar refractivity (Wildman–Crippen MR) is 140 cm³/mol. The lowest BCUT2D eigenvalue weighted by Gasteiger charge is -2.32. The average Bonchev–Trinajstić information content (AvgIpc) is 3.54. The van der Waals surface area contributed by atoms with Gasteiger partial charge < -0.3 is 19.0 Å². The van der Waals surface area contributed by atoms with Crippen molar-refractivity contribution in [1.82, 2.24) is 14.4 Å². The molecule has 7 nitrogen and oxygen atoms in total. The molecule has 1 atom stereocenters. The molecule has 1 fully saturated rings. The summed E-state index contributed by atoms with van der Waals surface area (Å²) < 4.78 is 12.0. The number of likely N-dealkylation sites (tertiary alicyclic amines) is 1. The lowest BCUT2D eigenvalue weighted by molar-refractivity contribution is -0.133. The number of fused-ring (bicyclic) bond motifs is 1. The summed E-state index contributed by atoms with van der Waals surface area (Å²) in [6.07, 6.45) is 2.36. The second kappa shape index (κ2) is 10.4. The summed E-state index contributed by atoms with van der Waals surface area (Å²) in [4.78, 5) is 30.2. The maximum atomic E-state index is 13.5. The van der Waals surface area contributed by atoms with Crippen molar-refractivity contribution in [1.29, 1.82) is 0 Å². The van der Waals surface area contributed by atoms with Crippen molar-refractivity contribution in [3.8, 4) is 16.9 Å². The Morgan fingerprint density at radius 1 is 1.00 bits per heavy atom. The van der Waals surface area contributed by atoms with E-state index >= 15 is 0 Å². The third kappa shape index (κ3) is 4.93. The van der Waals surface area contributed by atoms with E-state index < -0.39 is 5.76 Å². The maximum Gasteiger partial charge on any atom is 0.420 e. The van der Waals surface area contributed by atoms with E-state index in [1.807, 2.05) is 25.2 Å². The van der Waals surface area contributed by atoms with Gasteiger partial charge in [-0.05, 0) is 54.8 Å². The fourth-order valence-corrected chi connectivity index (χ4v) is 4.93. The summed E-state index contributed by atoms with van der Waals surface area (Å²) in [6.45, 7) is 2.74. The molecule has 1 unspecified atom stereocenters. The van der Waals surface area contributed by atoms with Crippen molar-refractivity contribution >= 4 is 17.0 Å². The smallest absolute Gasteiger partial charge is 0.420 e. The van der Waals surface area contributed by atoms with E-state index in [9.17, 15) is 9.59 Å². The largest absolute Gasteiger partial charge is 0.497 e. The molecule has 1 amide bonds. The van der Waals surface area contributed by atoms with Crippen LogP contribution in [0.1, 0.15) is 24.4 Å². The summed E-state index contributed by atoms with van der Waals surface area (Å²) >= 11 is 0. The highest BCUT2D eigenvalue weighted by molar-refractivity contribution is 5.80. The van der Waals surface area contributed by atoms with Crippen LogP contribution >= 0.6 is 0 Å². The van der Waals surface area contributed by atoms with Crippen LogP contribution in [0, 0.1) is 0 Å². The molecule has 36 heavy (non-hydrogen) atoms. The first-order valence-electron chi connectivity index (χ1n) is 12.3. The summed E-state index contributed by atoms with van der Waals surface area (Å²) in [5.74, 6) is -0.105. The number of aromatic nitrogens is 1. The zero-order chi connectivity index (χ0) is 25.1. The molecular formula is C29H31N3O4. The Kier molecular flexibility index (Phi) is 6.91. The van der Waals surface area contributed by atoms with E-state index in [1.165, 1.54) is 17.4 Å². The molecule has 0 bridgehead atoms. The maximum absolute atomic E-state index is 13.5. The fourth-order valence-electron chi connectivity index (χ4n) is 4.93. The number of hydrogen-bond acceptors (Lipinski definition) is 5. The normalized spacial score (nSPS) is 14.7. The second-order valence-corrected chi connectivity index (χ2v) is 9.30. The van der Waals surface area contributed by atoms with Crippen LogP contribution < -0.4 is 10.5 Å². The van der Waals surface area contributed by atoms with Gasteiger partial charge in [0, 0.05) is 19.7 Å². The highest BCUT2D eigenvalue weighted by atomic mass is 16.5. The Balaban J connectivity index is 1.40. The van der Waals surface area contributed by atoms with Crippen LogP contribution in [0.5, 0.6) is 5.75 Å². The molecule has 5 rings (SSSR count). The van der Waals surface area contributed by atoms with Crippen molar-refractivity contribution in [3.05, 3.63) is 88.9 Å². The molecule has 1 aromatic heterocycles. The molecule has 7 heteroatoms. The monoisotopic (exact) mass is 485 g/mol. The van der Waals surface area contributed by atoms with Crippen LogP contribution in [0.15, 0.2) is 82.0 Å². The Morgan fingerprint density at radius 3 is 2.39 bits per heavy atom. The number of amides is 1. The molecule has 2 heterocycles. The Hall–Kier alpha value is -3.84. The first-order chi connectivity index (χ1) is 17.5. The van der Waals surface area contributed by atoms with Gasteiger partial charge in [-0.25, -0.2) is 4.79 Å². The molecule has 0 radical (unpaired) electrons. The van der Waals surface area contributed by atoms with E-state index in [4.69, 9.17) is 9.15 Å². The van der Waals surface area contributed by atoms with Gasteiger partial charge in [-0.1, -0.05) is 54.6 Å². The fraction of sp³-hybridized carbons (Fsp3) is 0.310. The van der Waals surface area contributed by atoms with Crippen LogP contribution in [-0.4, -0.2) is 54.1 Å². The first-order valence-corrected chi connectivity index (χ1v) is 12.3. The second-order valence-electron chi connectivity index (χ2n) is 9.30. The van der Waals surface area contributed by atoms with Crippen LogP contribution in [-0.2, 0) is 11.3 Å². The summed E-state index contributed by atoms with van der Waals surface area (Å²) in [7, 11) is 3.38. The van der Waals surface area contributed by atoms with Gasteiger partial charge in [0.05, 0.1) is 18.7 Å². The molecule has 0 spiro atoms.